The molecule has 0 aliphatic carbocycles. The van der Waals surface area contributed by atoms with Crippen molar-refractivity contribution in [2.24, 2.45) is 0 Å². The summed E-state index contributed by atoms with van der Waals surface area (Å²) < 4.78 is 0. The molecule has 0 saturated heterocycles. The van der Waals surface area contributed by atoms with Gasteiger partial charge in [-0.2, -0.15) is 0 Å². The fourth-order valence-electron chi connectivity index (χ4n) is 5.72. The van der Waals surface area contributed by atoms with Gasteiger partial charge in [0.15, 0.2) is 0 Å². The van der Waals surface area contributed by atoms with Crippen LogP contribution in [0.2, 0.25) is 10.4 Å². The van der Waals surface area contributed by atoms with Crippen molar-refractivity contribution in [2.75, 3.05) is 0 Å². The molecule has 0 radical (unpaired) electrons. The van der Waals surface area contributed by atoms with Gasteiger partial charge in [-0.05, 0) is 0 Å². The Morgan fingerprint density at radius 2 is 0.378 bits per heavy atom. The Morgan fingerprint density at radius 1 is 0.216 bits per heavy atom. The Morgan fingerprint density at radius 3 is 0.568 bits per heavy atom. The summed E-state index contributed by atoms with van der Waals surface area (Å²) in [6.45, 7) is 4.62. The van der Waals surface area contributed by atoms with E-state index in [1.807, 2.05) is 0 Å². The molecular weight excluding hydrogens is 507 g/mol. The van der Waals surface area contributed by atoms with Gasteiger partial charge in [0.05, 0.1) is 0 Å². The zero-order valence-electron chi connectivity index (χ0n) is 26.5. The van der Waals surface area contributed by atoms with E-state index < -0.39 is 0 Å². The molecule has 0 unspecified atom stereocenters. The van der Waals surface area contributed by atoms with Crippen molar-refractivity contribution < 1.29 is 0 Å². The predicted octanol–water partition coefficient (Wildman–Crippen LogP) is 13.8. The third-order valence-electron chi connectivity index (χ3n) is 8.41. The van der Waals surface area contributed by atoms with Crippen LogP contribution in [0.25, 0.3) is 0 Å². The summed E-state index contributed by atoms with van der Waals surface area (Å²) >= 11 is 0.404. The number of hydrogen-bond donors (Lipinski definition) is 0. The summed E-state index contributed by atoms with van der Waals surface area (Å²) in [7, 11) is 0. The molecule has 0 aliphatic heterocycles. The van der Waals surface area contributed by atoms with Gasteiger partial charge in [-0.15, -0.1) is 0 Å². The van der Waals surface area contributed by atoms with Crippen LogP contribution < -0.4 is 0 Å². The van der Waals surface area contributed by atoms with E-state index in [0.717, 1.165) is 0 Å². The Balaban J connectivity index is 3.00. The minimum atomic E-state index is 0.404. The van der Waals surface area contributed by atoms with Crippen molar-refractivity contribution in [1.29, 1.82) is 0 Å². The molecule has 0 aromatic rings. The quantitative estimate of drug-likeness (QED) is 0.0523. The first-order valence-corrected chi connectivity index (χ1v) is 21.1. The van der Waals surface area contributed by atoms with Gasteiger partial charge < -0.3 is 0 Å². The summed E-state index contributed by atoms with van der Waals surface area (Å²) in [5.74, 6) is 0. The molecular formula is C36H75As. The number of unbranched alkanes of at least 4 members (excludes halogenated alkanes) is 30. The first kappa shape index (κ1) is 37.6. The van der Waals surface area contributed by atoms with Gasteiger partial charge in [0.2, 0.25) is 0 Å². The van der Waals surface area contributed by atoms with Gasteiger partial charge in [-0.1, -0.05) is 78.1 Å². The van der Waals surface area contributed by atoms with Crippen LogP contribution in [0.3, 0.4) is 0 Å². The summed E-state index contributed by atoms with van der Waals surface area (Å²) in [6, 6.07) is 0. The summed E-state index contributed by atoms with van der Waals surface area (Å²) in [5.41, 5.74) is 0. The molecule has 0 atom stereocenters. The van der Waals surface area contributed by atoms with E-state index in [0.29, 0.717) is 15.8 Å². The molecule has 0 bridgehead atoms. The van der Waals surface area contributed by atoms with E-state index >= 15 is 0 Å². The normalized spacial score (nSPS) is 11.5. The zero-order valence-corrected chi connectivity index (χ0v) is 28.6. The molecule has 224 valence electrons. The second-order valence-electron chi connectivity index (χ2n) is 12.4. The van der Waals surface area contributed by atoms with Crippen LogP contribution >= 0.6 is 0 Å². The third-order valence-corrected chi connectivity index (χ3v) is 11.4. The average Bonchev–Trinajstić information content (AvgIpc) is 2.91. The second kappa shape index (κ2) is 36.6. The molecule has 37 heavy (non-hydrogen) atoms. The zero-order chi connectivity index (χ0) is 26.7. The van der Waals surface area contributed by atoms with E-state index in [1.165, 1.54) is 193 Å². The maximum atomic E-state index is 2.31. The average molecular weight is 583 g/mol. The molecule has 0 saturated carbocycles. The second-order valence-corrected chi connectivity index (χ2v) is 15.5. The standard InChI is InChI=1S/C36H75As/c1-3-5-7-9-11-13-15-17-19-21-23-25-27-29-31-33-35-37-36-34-32-30-28-26-24-22-20-18-16-14-12-10-8-6-4-2/h37H,3-36H2,1-2H3. The Bertz CT molecular complexity index is 332. The predicted molar refractivity (Wildman–Crippen MR) is 176 cm³/mol. The van der Waals surface area contributed by atoms with Crippen molar-refractivity contribution in [3.05, 3.63) is 0 Å². The van der Waals surface area contributed by atoms with Crippen LogP contribution in [0.1, 0.15) is 219 Å². The topological polar surface area (TPSA) is 0 Å². The minimum Gasteiger partial charge on any atom is -0.0654 e. The van der Waals surface area contributed by atoms with Crippen LogP contribution in [0.15, 0.2) is 0 Å². The van der Waals surface area contributed by atoms with Gasteiger partial charge in [-0.25, -0.2) is 0 Å². The molecule has 0 aliphatic rings. The van der Waals surface area contributed by atoms with E-state index in [9.17, 15) is 0 Å². The monoisotopic (exact) mass is 583 g/mol. The molecule has 1 heteroatoms. The van der Waals surface area contributed by atoms with Gasteiger partial charge in [-0.3, -0.25) is 0 Å². The van der Waals surface area contributed by atoms with Gasteiger partial charge in [0.25, 0.3) is 0 Å². The molecule has 0 amide bonds. The smallest absolute Gasteiger partial charge is 0.0654 e. The number of rotatable bonds is 34. The maximum absolute atomic E-state index is 2.31. The van der Waals surface area contributed by atoms with E-state index in [1.54, 1.807) is 23.3 Å². The minimum absolute atomic E-state index is 0.404. The van der Waals surface area contributed by atoms with Crippen LogP contribution in [-0.2, 0) is 0 Å². The van der Waals surface area contributed by atoms with Crippen molar-refractivity contribution in [3.63, 3.8) is 0 Å². The molecule has 0 nitrogen and oxygen atoms in total. The van der Waals surface area contributed by atoms with Crippen LogP contribution in [0.5, 0.6) is 0 Å². The fraction of sp³-hybridized carbons (Fsp3) is 1.00. The number of hydrogen-bond acceptors (Lipinski definition) is 0. The van der Waals surface area contributed by atoms with E-state index in [-0.39, 0.29) is 0 Å². The molecule has 0 N–H and O–H groups in total. The summed E-state index contributed by atoms with van der Waals surface area (Å²) in [6.07, 6.45) is 47.7. The van der Waals surface area contributed by atoms with Crippen molar-refractivity contribution in [3.8, 4) is 0 Å². The third kappa shape index (κ3) is 36.6. The van der Waals surface area contributed by atoms with Gasteiger partial charge >= 0.3 is 167 Å². The molecule has 0 spiro atoms. The fourth-order valence-corrected chi connectivity index (χ4v) is 8.34. The SMILES string of the molecule is CCCCCCCCCCCCCCCCCC[AsH]CCCCCCCCCCCCCCCCCC. The first-order chi connectivity index (χ1) is 18.4. The van der Waals surface area contributed by atoms with Gasteiger partial charge in [0.1, 0.15) is 0 Å². The van der Waals surface area contributed by atoms with Crippen LogP contribution in [0.4, 0.5) is 0 Å². The van der Waals surface area contributed by atoms with Crippen molar-refractivity contribution >= 4 is 15.8 Å². The first-order valence-electron chi connectivity index (χ1n) is 18.1. The van der Waals surface area contributed by atoms with E-state index in [2.05, 4.69) is 13.8 Å². The van der Waals surface area contributed by atoms with Crippen LogP contribution in [0, 0.1) is 0 Å². The van der Waals surface area contributed by atoms with Crippen molar-refractivity contribution in [1.82, 2.24) is 0 Å². The molecule has 0 aromatic heterocycles. The van der Waals surface area contributed by atoms with E-state index in [4.69, 9.17) is 0 Å². The molecule has 0 fully saturated rings. The molecule has 0 heterocycles. The van der Waals surface area contributed by atoms with Crippen molar-refractivity contribution in [2.45, 2.75) is 230 Å². The Hall–Kier alpha value is 0.558. The molecule has 0 aromatic carbocycles. The van der Waals surface area contributed by atoms with Gasteiger partial charge in [0, 0.05) is 0 Å². The summed E-state index contributed by atoms with van der Waals surface area (Å²) in [4.78, 5) is 0. The Labute approximate surface area is 244 Å². The summed E-state index contributed by atoms with van der Waals surface area (Å²) in [5, 5.41) is 3.24. The van der Waals surface area contributed by atoms with Crippen LogP contribution in [-0.4, -0.2) is 15.8 Å². The Kier molecular flexibility index (Phi) is 37.1. The molecule has 0 rings (SSSR count).